The molecule has 3 unspecified atom stereocenters. The maximum absolute atomic E-state index is 13.0. The van der Waals surface area contributed by atoms with Crippen molar-refractivity contribution < 1.29 is 13.2 Å². The first kappa shape index (κ1) is 17.4. The minimum Gasteiger partial charge on any atom is -0.273 e. The number of pyridine rings is 1. The summed E-state index contributed by atoms with van der Waals surface area (Å²) in [6.45, 7) is 3.78. The number of nitrogens with zero attached hydrogens (tertiary/aromatic N) is 1. The molecule has 142 valence electrons. The first-order valence-corrected chi connectivity index (χ1v) is 10.8. The van der Waals surface area contributed by atoms with Crippen LogP contribution in [0.1, 0.15) is 29.5 Å². The third kappa shape index (κ3) is 2.27. The second kappa shape index (κ2) is 5.64. The topological polar surface area (TPSA) is 76.1 Å². The number of carbonyl (C=O) groups is 1. The van der Waals surface area contributed by atoms with Gasteiger partial charge in [0.2, 0.25) is 5.91 Å². The van der Waals surface area contributed by atoms with Crippen LogP contribution in [0.15, 0.2) is 59.6 Å². The van der Waals surface area contributed by atoms with Crippen LogP contribution in [0.2, 0.25) is 0 Å². The molecular formula is C22H20N2O3S. The van der Waals surface area contributed by atoms with Crippen LogP contribution >= 0.6 is 0 Å². The van der Waals surface area contributed by atoms with Gasteiger partial charge in [-0.2, -0.15) is 0 Å². The summed E-state index contributed by atoms with van der Waals surface area (Å²) in [7, 11) is -4.02. The van der Waals surface area contributed by atoms with Crippen molar-refractivity contribution in [1.29, 1.82) is 0 Å². The highest BCUT2D eigenvalue weighted by molar-refractivity contribution is 7.90. The Morgan fingerprint density at radius 1 is 1.14 bits per heavy atom. The summed E-state index contributed by atoms with van der Waals surface area (Å²) < 4.78 is 28.4. The van der Waals surface area contributed by atoms with E-state index in [1.54, 1.807) is 18.3 Å². The fourth-order valence-electron chi connectivity index (χ4n) is 4.83. The predicted molar refractivity (Wildman–Crippen MR) is 106 cm³/mol. The Kier molecular flexibility index (Phi) is 3.50. The van der Waals surface area contributed by atoms with E-state index in [-0.39, 0.29) is 16.7 Å². The molecule has 3 atom stereocenters. The molecule has 1 amide bonds. The van der Waals surface area contributed by atoms with Gasteiger partial charge >= 0.3 is 0 Å². The molecule has 3 aromatic rings. The molecule has 0 bridgehead atoms. The predicted octanol–water partition coefficient (Wildman–Crippen LogP) is 3.32. The minimum atomic E-state index is -4.02. The van der Waals surface area contributed by atoms with Crippen LogP contribution in [0.4, 0.5) is 0 Å². The molecule has 6 heteroatoms. The first-order valence-electron chi connectivity index (χ1n) is 9.33. The first-order chi connectivity index (χ1) is 13.3. The summed E-state index contributed by atoms with van der Waals surface area (Å²) in [6.07, 6.45) is 2.38. The number of amides is 1. The van der Waals surface area contributed by atoms with Gasteiger partial charge in [-0.25, -0.2) is 13.1 Å². The monoisotopic (exact) mass is 392 g/mol. The lowest BCUT2D eigenvalue weighted by atomic mass is 9.93. The molecule has 1 N–H and O–H groups in total. The number of rotatable bonds is 3. The molecular weight excluding hydrogens is 372 g/mol. The Morgan fingerprint density at radius 2 is 1.93 bits per heavy atom. The van der Waals surface area contributed by atoms with E-state index in [4.69, 9.17) is 0 Å². The van der Waals surface area contributed by atoms with Crippen LogP contribution in [0.25, 0.3) is 10.9 Å². The number of fused-ring (bicyclic) bond motifs is 4. The summed E-state index contributed by atoms with van der Waals surface area (Å²) in [5, 5.41) is 0.765. The standard InChI is InChI=1S/C22H20N2O3S/c1-13-9-10-18(20-15(13)8-5-11-23-20)28(26,27)24-21(25)22(2)17-12-14-6-3-4-7-16(14)19(17)22/h3-11,17,19H,12H2,1-2H3,(H,24,25). The largest absolute Gasteiger partial charge is 0.273 e. The Bertz CT molecular complexity index is 1250. The zero-order chi connectivity index (χ0) is 19.7. The van der Waals surface area contributed by atoms with Crippen molar-refractivity contribution in [2.24, 2.45) is 11.3 Å². The molecule has 1 heterocycles. The fraction of sp³-hybridized carbons (Fsp3) is 0.273. The zero-order valence-electron chi connectivity index (χ0n) is 15.6. The van der Waals surface area contributed by atoms with Crippen LogP contribution < -0.4 is 4.72 Å². The average molecular weight is 392 g/mol. The SMILES string of the molecule is Cc1ccc(S(=O)(=O)NC(=O)C2(C)C3Cc4ccccc4C32)c2ncccc12. The van der Waals surface area contributed by atoms with Gasteiger partial charge in [0, 0.05) is 17.5 Å². The van der Waals surface area contributed by atoms with Gasteiger partial charge < -0.3 is 0 Å². The Balaban J connectivity index is 1.48. The Morgan fingerprint density at radius 3 is 2.75 bits per heavy atom. The second-order valence-corrected chi connectivity index (χ2v) is 9.64. The lowest BCUT2D eigenvalue weighted by Gasteiger charge is -2.17. The highest BCUT2D eigenvalue weighted by atomic mass is 32.2. The number of hydrogen-bond donors (Lipinski definition) is 1. The van der Waals surface area contributed by atoms with Crippen molar-refractivity contribution in [3.63, 3.8) is 0 Å². The van der Waals surface area contributed by atoms with Crippen LogP contribution in [0, 0.1) is 18.3 Å². The van der Waals surface area contributed by atoms with Crippen molar-refractivity contribution in [1.82, 2.24) is 9.71 Å². The zero-order valence-corrected chi connectivity index (χ0v) is 16.5. The molecule has 5 rings (SSSR count). The van der Waals surface area contributed by atoms with E-state index in [0.717, 1.165) is 17.4 Å². The van der Waals surface area contributed by atoms with Gasteiger partial charge in [-0.3, -0.25) is 9.78 Å². The molecule has 5 nitrogen and oxygen atoms in total. The number of nitrogens with one attached hydrogen (secondary N) is 1. The van der Waals surface area contributed by atoms with E-state index in [1.807, 2.05) is 38.1 Å². The number of benzene rings is 2. The number of aromatic nitrogens is 1. The van der Waals surface area contributed by atoms with E-state index in [2.05, 4.69) is 15.8 Å². The van der Waals surface area contributed by atoms with Gasteiger partial charge in [0.25, 0.3) is 10.0 Å². The van der Waals surface area contributed by atoms with Crippen molar-refractivity contribution in [2.45, 2.75) is 31.1 Å². The molecule has 2 aliphatic carbocycles. The van der Waals surface area contributed by atoms with Gasteiger partial charge in [-0.1, -0.05) is 36.4 Å². The number of carbonyl (C=O) groups excluding carboxylic acids is 1. The van der Waals surface area contributed by atoms with E-state index in [0.29, 0.717) is 5.52 Å². The smallest absolute Gasteiger partial charge is 0.266 e. The molecule has 0 radical (unpaired) electrons. The van der Waals surface area contributed by atoms with Gasteiger partial charge in [-0.05, 0) is 55.0 Å². The van der Waals surface area contributed by atoms with Crippen LogP contribution in [-0.2, 0) is 21.2 Å². The lowest BCUT2D eigenvalue weighted by molar-refractivity contribution is -0.124. The highest BCUT2D eigenvalue weighted by Crippen LogP contribution is 2.70. The van der Waals surface area contributed by atoms with E-state index < -0.39 is 21.3 Å². The molecule has 2 aliphatic rings. The van der Waals surface area contributed by atoms with E-state index >= 15 is 0 Å². The Labute approximate surface area is 163 Å². The van der Waals surface area contributed by atoms with Crippen LogP contribution in [-0.4, -0.2) is 19.3 Å². The fourth-order valence-corrected chi connectivity index (χ4v) is 6.07. The van der Waals surface area contributed by atoms with E-state index in [1.165, 1.54) is 17.2 Å². The molecule has 1 saturated carbocycles. The molecule has 0 spiro atoms. The molecule has 1 aromatic heterocycles. The van der Waals surface area contributed by atoms with Gasteiger partial charge in [0.15, 0.2) is 0 Å². The molecule has 1 fully saturated rings. The normalized spacial score (nSPS) is 25.2. The molecule has 2 aromatic carbocycles. The molecule has 0 saturated heterocycles. The lowest BCUT2D eigenvalue weighted by Crippen LogP contribution is -2.37. The number of aryl methyl sites for hydroxylation is 1. The summed E-state index contributed by atoms with van der Waals surface area (Å²) in [4.78, 5) is 17.3. The quantitative estimate of drug-likeness (QED) is 0.742. The van der Waals surface area contributed by atoms with Gasteiger partial charge in [0.05, 0.1) is 10.9 Å². The maximum Gasteiger partial charge on any atom is 0.266 e. The van der Waals surface area contributed by atoms with Gasteiger partial charge in [-0.15, -0.1) is 0 Å². The highest BCUT2D eigenvalue weighted by Gasteiger charge is 2.69. The van der Waals surface area contributed by atoms with Crippen LogP contribution in [0.5, 0.6) is 0 Å². The minimum absolute atomic E-state index is 0.0388. The maximum atomic E-state index is 13.0. The van der Waals surface area contributed by atoms with Crippen molar-refractivity contribution in [3.05, 3.63) is 71.4 Å². The molecule has 28 heavy (non-hydrogen) atoms. The second-order valence-electron chi connectivity index (χ2n) is 7.98. The van der Waals surface area contributed by atoms with E-state index in [9.17, 15) is 13.2 Å². The number of hydrogen-bond acceptors (Lipinski definition) is 4. The summed E-state index contributed by atoms with van der Waals surface area (Å²) >= 11 is 0. The summed E-state index contributed by atoms with van der Waals surface area (Å²) in [6, 6.07) is 15.0. The van der Waals surface area contributed by atoms with Crippen molar-refractivity contribution in [3.8, 4) is 0 Å². The summed E-state index contributed by atoms with van der Waals surface area (Å²) in [5.74, 6) is -0.179. The summed E-state index contributed by atoms with van der Waals surface area (Å²) in [5.41, 5.74) is 3.07. The number of sulfonamides is 1. The average Bonchev–Trinajstić information content (AvgIpc) is 3.07. The van der Waals surface area contributed by atoms with Crippen LogP contribution in [0.3, 0.4) is 0 Å². The molecule has 0 aliphatic heterocycles. The van der Waals surface area contributed by atoms with Gasteiger partial charge in [0.1, 0.15) is 4.90 Å². The third-order valence-electron chi connectivity index (χ3n) is 6.50. The van der Waals surface area contributed by atoms with Crippen molar-refractivity contribution in [2.75, 3.05) is 0 Å². The Hall–Kier alpha value is -2.73. The third-order valence-corrected chi connectivity index (χ3v) is 7.86. The van der Waals surface area contributed by atoms with Crippen molar-refractivity contribution >= 4 is 26.8 Å².